The molecule has 0 bridgehead atoms. The van der Waals surface area contributed by atoms with Gasteiger partial charge >= 0.3 is 0 Å². The predicted octanol–water partition coefficient (Wildman–Crippen LogP) is 3.42. The van der Waals surface area contributed by atoms with Gasteiger partial charge in [-0.15, -0.1) is 11.6 Å². The van der Waals surface area contributed by atoms with E-state index in [4.69, 9.17) is 15.8 Å². The molecule has 0 heterocycles. The number of halogens is 1. The molecule has 0 aliphatic rings. The van der Waals surface area contributed by atoms with E-state index in [1.54, 1.807) is 18.2 Å². The fourth-order valence-electron chi connectivity index (χ4n) is 1.64. The normalized spacial score (nSPS) is 16.3. The maximum Gasteiger partial charge on any atom is 0.297 e. The number of hydrogen-bond donors (Lipinski definition) is 1. The van der Waals surface area contributed by atoms with Gasteiger partial charge in [0.05, 0.1) is 4.90 Å². The highest BCUT2D eigenvalue weighted by molar-refractivity contribution is 7.87. The summed E-state index contributed by atoms with van der Waals surface area (Å²) in [5, 5.41) is -0.0287. The van der Waals surface area contributed by atoms with Gasteiger partial charge in [-0.05, 0) is 31.4 Å². The van der Waals surface area contributed by atoms with Crippen LogP contribution in [-0.2, 0) is 18.9 Å². The van der Waals surface area contributed by atoms with Gasteiger partial charge in [0.25, 0.3) is 10.1 Å². The average molecular weight is 355 g/mol. The van der Waals surface area contributed by atoms with Gasteiger partial charge in [0.15, 0.2) is 0 Å². The molecule has 2 unspecified atom stereocenters. The van der Waals surface area contributed by atoms with Crippen molar-refractivity contribution in [1.29, 1.82) is 0 Å². The second-order valence-electron chi connectivity index (χ2n) is 4.73. The van der Waals surface area contributed by atoms with E-state index in [9.17, 15) is 17.9 Å². The van der Waals surface area contributed by atoms with E-state index in [0.29, 0.717) is 12.8 Å². The van der Waals surface area contributed by atoms with Gasteiger partial charge in [0, 0.05) is 11.5 Å². The van der Waals surface area contributed by atoms with Crippen molar-refractivity contribution in [3.05, 3.63) is 30.3 Å². The topological polar surface area (TPSA) is 80.7 Å². The summed E-state index contributed by atoms with van der Waals surface area (Å²) in [6.45, 7) is 1.94. The molecule has 21 heavy (non-hydrogen) atoms. The second-order valence-corrected chi connectivity index (χ2v) is 9.36. The molecule has 0 amide bonds. The summed E-state index contributed by atoms with van der Waals surface area (Å²) in [5.74, 6) is 0. The number of hydrogen-bond acceptors (Lipinski definition) is 4. The Morgan fingerprint density at radius 2 is 1.95 bits per heavy atom. The minimum atomic E-state index is -4.00. The van der Waals surface area contributed by atoms with Crippen LogP contribution in [0.15, 0.2) is 35.2 Å². The van der Waals surface area contributed by atoms with Gasteiger partial charge < -0.3 is 4.89 Å². The Morgan fingerprint density at radius 1 is 1.33 bits per heavy atom. The summed E-state index contributed by atoms with van der Waals surface area (Å²) < 4.78 is 40.2. The molecule has 0 spiro atoms. The first-order valence-corrected chi connectivity index (χ1v) is 10.5. The first kappa shape index (κ1) is 18.7. The maximum absolute atomic E-state index is 11.9. The summed E-state index contributed by atoms with van der Waals surface area (Å²) in [6.07, 6.45) is 1.17. The molecular formula is C13H20ClO5PS. The van der Waals surface area contributed by atoms with Gasteiger partial charge in [-0.3, -0.25) is 8.75 Å². The molecule has 0 aliphatic carbocycles. The Labute approximate surface area is 130 Å². The lowest BCUT2D eigenvalue weighted by atomic mass is 10.2. The molecule has 0 fully saturated rings. The molecule has 0 aromatic heterocycles. The molecule has 2 atom stereocenters. The van der Waals surface area contributed by atoms with Crippen LogP contribution < -0.4 is 0 Å². The molecule has 5 nitrogen and oxygen atoms in total. The van der Waals surface area contributed by atoms with Crippen molar-refractivity contribution in [3.63, 3.8) is 0 Å². The van der Waals surface area contributed by atoms with Crippen LogP contribution >= 0.6 is 19.0 Å². The van der Waals surface area contributed by atoms with Crippen LogP contribution in [0.25, 0.3) is 0 Å². The Hall–Kier alpha value is -0.390. The van der Waals surface area contributed by atoms with Crippen molar-refractivity contribution in [3.8, 4) is 0 Å². The highest BCUT2D eigenvalue weighted by atomic mass is 35.5. The highest BCUT2D eigenvalue weighted by Crippen LogP contribution is 2.42. The Balaban J connectivity index is 2.51. The predicted molar refractivity (Wildman–Crippen MR) is 83.4 cm³/mol. The molecule has 0 radical (unpaired) electrons. The summed E-state index contributed by atoms with van der Waals surface area (Å²) in [5.41, 5.74) is 0. The SMILES string of the molecule is CCC(Cl)CCCP(=O)(O)COS(=O)(=O)c1ccccc1. The average Bonchev–Trinajstić information content (AvgIpc) is 2.46. The quantitative estimate of drug-likeness (QED) is 0.417. The first-order valence-electron chi connectivity index (χ1n) is 6.66. The lowest BCUT2D eigenvalue weighted by Gasteiger charge is -2.13. The fourth-order valence-corrected chi connectivity index (χ4v) is 4.44. The van der Waals surface area contributed by atoms with E-state index in [1.807, 2.05) is 6.92 Å². The van der Waals surface area contributed by atoms with E-state index < -0.39 is 23.8 Å². The van der Waals surface area contributed by atoms with Crippen molar-refractivity contribution in [2.75, 3.05) is 12.5 Å². The molecule has 1 aromatic rings. The molecule has 1 aromatic carbocycles. The van der Waals surface area contributed by atoms with E-state index in [-0.39, 0.29) is 16.4 Å². The summed E-state index contributed by atoms with van der Waals surface area (Å²) in [4.78, 5) is 9.70. The standard InChI is InChI=1S/C13H20ClO5PS/c1-2-12(14)7-6-10-20(15,16)11-19-21(17,18)13-8-4-3-5-9-13/h3-5,8-9,12H,2,6-7,10-11H2,1H3,(H,15,16). The third kappa shape index (κ3) is 6.94. The third-order valence-corrected chi connectivity index (χ3v) is 6.44. The van der Waals surface area contributed by atoms with Crippen LogP contribution in [0.2, 0.25) is 0 Å². The molecule has 8 heteroatoms. The van der Waals surface area contributed by atoms with Gasteiger partial charge in [0.1, 0.15) is 6.35 Å². The van der Waals surface area contributed by atoms with E-state index >= 15 is 0 Å². The lowest BCUT2D eigenvalue weighted by Crippen LogP contribution is -2.09. The third-order valence-electron chi connectivity index (χ3n) is 2.91. The van der Waals surface area contributed by atoms with Crippen LogP contribution in [0.4, 0.5) is 0 Å². The Kier molecular flexibility index (Phi) is 7.37. The van der Waals surface area contributed by atoms with Crippen molar-refractivity contribution in [2.45, 2.75) is 36.5 Å². The summed E-state index contributed by atoms with van der Waals surface area (Å²) in [6, 6.07) is 7.53. The zero-order valence-electron chi connectivity index (χ0n) is 11.8. The highest BCUT2D eigenvalue weighted by Gasteiger charge is 2.24. The van der Waals surface area contributed by atoms with Crippen molar-refractivity contribution in [2.24, 2.45) is 0 Å². The minimum absolute atomic E-state index is 0.000525. The van der Waals surface area contributed by atoms with E-state index in [1.165, 1.54) is 12.1 Å². The monoisotopic (exact) mass is 354 g/mol. The van der Waals surface area contributed by atoms with Crippen LogP contribution in [0.1, 0.15) is 26.2 Å². The molecule has 0 saturated carbocycles. The molecule has 1 N–H and O–H groups in total. The smallest absolute Gasteiger partial charge is 0.297 e. The maximum atomic E-state index is 11.9. The van der Waals surface area contributed by atoms with E-state index in [0.717, 1.165) is 6.42 Å². The Morgan fingerprint density at radius 3 is 2.52 bits per heavy atom. The molecule has 120 valence electrons. The number of alkyl halides is 1. The van der Waals surface area contributed by atoms with Crippen LogP contribution in [-0.4, -0.2) is 31.2 Å². The molecule has 1 rings (SSSR count). The van der Waals surface area contributed by atoms with Crippen LogP contribution in [0.5, 0.6) is 0 Å². The molecule has 0 aliphatic heterocycles. The van der Waals surface area contributed by atoms with Crippen molar-refractivity contribution < 1.29 is 22.1 Å². The number of benzene rings is 1. The van der Waals surface area contributed by atoms with Gasteiger partial charge in [-0.2, -0.15) is 8.42 Å². The van der Waals surface area contributed by atoms with Crippen molar-refractivity contribution in [1.82, 2.24) is 0 Å². The zero-order chi connectivity index (χ0) is 15.9. The fraction of sp³-hybridized carbons (Fsp3) is 0.538. The Bertz CT molecular complexity index is 575. The van der Waals surface area contributed by atoms with Gasteiger partial charge in [-0.1, -0.05) is 25.1 Å². The minimum Gasteiger partial charge on any atom is -0.343 e. The van der Waals surface area contributed by atoms with Crippen molar-refractivity contribution >= 4 is 29.1 Å². The first-order chi connectivity index (χ1) is 9.77. The summed E-state index contributed by atoms with van der Waals surface area (Å²) >= 11 is 5.93. The largest absolute Gasteiger partial charge is 0.343 e. The van der Waals surface area contributed by atoms with E-state index in [2.05, 4.69) is 0 Å². The molecule has 0 saturated heterocycles. The van der Waals surface area contributed by atoms with Gasteiger partial charge in [-0.25, -0.2) is 0 Å². The zero-order valence-corrected chi connectivity index (χ0v) is 14.3. The van der Waals surface area contributed by atoms with Gasteiger partial charge in [0.2, 0.25) is 7.37 Å². The second kappa shape index (κ2) is 8.30. The lowest BCUT2D eigenvalue weighted by molar-refractivity contribution is 0.345. The van der Waals surface area contributed by atoms with Crippen LogP contribution in [0.3, 0.4) is 0 Å². The van der Waals surface area contributed by atoms with Crippen LogP contribution in [0, 0.1) is 0 Å². The molecular weight excluding hydrogens is 335 g/mol. The summed E-state index contributed by atoms with van der Waals surface area (Å²) in [7, 11) is -7.63. The number of rotatable bonds is 9.